The molecule has 1 rings (SSSR count). The van der Waals surface area contributed by atoms with E-state index in [0.717, 1.165) is 19.5 Å². The van der Waals surface area contributed by atoms with Gasteiger partial charge in [-0.15, -0.1) is 0 Å². The summed E-state index contributed by atoms with van der Waals surface area (Å²) in [6, 6.07) is 10.5. The Balaban J connectivity index is 2.10. The van der Waals surface area contributed by atoms with Gasteiger partial charge in [-0.1, -0.05) is 30.3 Å². The van der Waals surface area contributed by atoms with Crippen LogP contribution in [0.3, 0.4) is 0 Å². The standard InChI is InChI=1S/C11H19N3/c12-8-11(13)9-14-7-6-10-4-2-1-3-5-10/h1-5,11,14H,6-9,12-13H2. The number of benzene rings is 1. The van der Waals surface area contributed by atoms with Crippen molar-refractivity contribution in [1.29, 1.82) is 0 Å². The molecule has 1 aromatic carbocycles. The van der Waals surface area contributed by atoms with Crippen molar-refractivity contribution in [3.63, 3.8) is 0 Å². The molecule has 0 saturated heterocycles. The molecular weight excluding hydrogens is 174 g/mol. The smallest absolute Gasteiger partial charge is 0.0290 e. The van der Waals surface area contributed by atoms with E-state index in [1.54, 1.807) is 0 Å². The topological polar surface area (TPSA) is 64.1 Å². The predicted octanol–water partition coefficient (Wildman–Crippen LogP) is 0.105. The Morgan fingerprint density at radius 3 is 2.57 bits per heavy atom. The highest BCUT2D eigenvalue weighted by Gasteiger charge is 1.97. The zero-order valence-electron chi connectivity index (χ0n) is 8.45. The summed E-state index contributed by atoms with van der Waals surface area (Å²) in [7, 11) is 0. The molecule has 0 amide bonds. The minimum Gasteiger partial charge on any atom is -0.329 e. The van der Waals surface area contributed by atoms with Crippen molar-refractivity contribution in [2.24, 2.45) is 11.5 Å². The number of hydrogen-bond donors (Lipinski definition) is 3. The van der Waals surface area contributed by atoms with Crippen LogP contribution in [-0.4, -0.2) is 25.7 Å². The van der Waals surface area contributed by atoms with Gasteiger partial charge >= 0.3 is 0 Å². The van der Waals surface area contributed by atoms with Crippen LogP contribution in [0.2, 0.25) is 0 Å². The van der Waals surface area contributed by atoms with Crippen LogP contribution >= 0.6 is 0 Å². The first kappa shape index (κ1) is 11.2. The van der Waals surface area contributed by atoms with Gasteiger partial charge in [0.05, 0.1) is 0 Å². The maximum atomic E-state index is 5.66. The molecule has 0 aliphatic heterocycles. The van der Waals surface area contributed by atoms with Gasteiger partial charge in [0.1, 0.15) is 0 Å². The second-order valence-electron chi connectivity index (χ2n) is 3.44. The van der Waals surface area contributed by atoms with E-state index in [1.165, 1.54) is 5.56 Å². The highest BCUT2D eigenvalue weighted by atomic mass is 14.9. The first-order valence-electron chi connectivity index (χ1n) is 5.03. The molecule has 3 nitrogen and oxygen atoms in total. The summed E-state index contributed by atoms with van der Waals surface area (Å²) >= 11 is 0. The molecule has 0 aliphatic carbocycles. The van der Waals surface area contributed by atoms with Crippen LogP contribution in [0, 0.1) is 0 Å². The number of rotatable bonds is 6. The van der Waals surface area contributed by atoms with Crippen LogP contribution in [0.25, 0.3) is 0 Å². The van der Waals surface area contributed by atoms with E-state index in [9.17, 15) is 0 Å². The monoisotopic (exact) mass is 193 g/mol. The average molecular weight is 193 g/mol. The quantitative estimate of drug-likeness (QED) is 0.562. The van der Waals surface area contributed by atoms with E-state index in [4.69, 9.17) is 11.5 Å². The summed E-state index contributed by atoms with van der Waals surface area (Å²) in [6.07, 6.45) is 1.04. The lowest BCUT2D eigenvalue weighted by Crippen LogP contribution is -2.40. The van der Waals surface area contributed by atoms with E-state index in [2.05, 4.69) is 29.6 Å². The molecule has 14 heavy (non-hydrogen) atoms. The second-order valence-corrected chi connectivity index (χ2v) is 3.44. The van der Waals surface area contributed by atoms with Crippen molar-refractivity contribution in [1.82, 2.24) is 5.32 Å². The Morgan fingerprint density at radius 1 is 1.21 bits per heavy atom. The molecule has 0 radical (unpaired) electrons. The number of nitrogens with two attached hydrogens (primary N) is 2. The lowest BCUT2D eigenvalue weighted by Gasteiger charge is -2.09. The van der Waals surface area contributed by atoms with Gasteiger partial charge in [0.25, 0.3) is 0 Å². The predicted molar refractivity (Wildman–Crippen MR) is 60.0 cm³/mol. The molecule has 5 N–H and O–H groups in total. The SMILES string of the molecule is NCC(N)CNCCc1ccccc1. The van der Waals surface area contributed by atoms with E-state index in [1.807, 2.05) is 6.07 Å². The molecule has 0 saturated carbocycles. The summed E-state index contributed by atoms with van der Waals surface area (Å²) in [5, 5.41) is 3.28. The van der Waals surface area contributed by atoms with Crippen LogP contribution in [0.4, 0.5) is 0 Å². The van der Waals surface area contributed by atoms with Gasteiger partial charge in [0.15, 0.2) is 0 Å². The minimum absolute atomic E-state index is 0.0748. The van der Waals surface area contributed by atoms with Crippen LogP contribution in [0.5, 0.6) is 0 Å². The fraction of sp³-hybridized carbons (Fsp3) is 0.455. The first-order chi connectivity index (χ1) is 6.83. The summed E-state index contributed by atoms with van der Waals surface area (Å²) in [4.78, 5) is 0. The molecule has 3 heteroatoms. The number of nitrogens with one attached hydrogen (secondary N) is 1. The molecule has 0 fully saturated rings. The summed E-state index contributed by atoms with van der Waals surface area (Å²) in [5.41, 5.74) is 12.4. The third kappa shape index (κ3) is 4.37. The second kappa shape index (κ2) is 6.54. The Hall–Kier alpha value is -0.900. The molecule has 0 aliphatic rings. The fourth-order valence-corrected chi connectivity index (χ4v) is 1.25. The van der Waals surface area contributed by atoms with E-state index in [0.29, 0.717) is 6.54 Å². The Kier molecular flexibility index (Phi) is 5.22. The largest absolute Gasteiger partial charge is 0.329 e. The van der Waals surface area contributed by atoms with Gasteiger partial charge in [-0.05, 0) is 18.5 Å². The lowest BCUT2D eigenvalue weighted by atomic mass is 10.1. The zero-order valence-corrected chi connectivity index (χ0v) is 8.45. The van der Waals surface area contributed by atoms with Crippen LogP contribution < -0.4 is 16.8 Å². The van der Waals surface area contributed by atoms with Crippen molar-refractivity contribution in [3.8, 4) is 0 Å². The third-order valence-electron chi connectivity index (χ3n) is 2.14. The van der Waals surface area contributed by atoms with Gasteiger partial charge in [0.2, 0.25) is 0 Å². The minimum atomic E-state index is 0.0748. The molecule has 0 bridgehead atoms. The van der Waals surface area contributed by atoms with Crippen molar-refractivity contribution in [3.05, 3.63) is 35.9 Å². The molecule has 1 unspecified atom stereocenters. The number of hydrogen-bond acceptors (Lipinski definition) is 3. The van der Waals surface area contributed by atoms with Gasteiger partial charge in [-0.2, -0.15) is 0 Å². The van der Waals surface area contributed by atoms with Crippen LogP contribution in [0.1, 0.15) is 5.56 Å². The van der Waals surface area contributed by atoms with Gasteiger partial charge in [0, 0.05) is 19.1 Å². The molecular formula is C11H19N3. The summed E-state index contributed by atoms with van der Waals surface area (Å²) < 4.78 is 0. The van der Waals surface area contributed by atoms with Gasteiger partial charge in [-0.3, -0.25) is 0 Å². The zero-order chi connectivity index (χ0) is 10.2. The first-order valence-corrected chi connectivity index (χ1v) is 5.03. The summed E-state index contributed by atoms with van der Waals surface area (Å²) in [5.74, 6) is 0. The highest BCUT2D eigenvalue weighted by molar-refractivity contribution is 5.14. The summed E-state index contributed by atoms with van der Waals surface area (Å²) in [6.45, 7) is 2.29. The maximum Gasteiger partial charge on any atom is 0.0290 e. The van der Waals surface area contributed by atoms with E-state index < -0.39 is 0 Å². The Morgan fingerprint density at radius 2 is 1.93 bits per heavy atom. The molecule has 0 spiro atoms. The van der Waals surface area contributed by atoms with Crippen molar-refractivity contribution < 1.29 is 0 Å². The van der Waals surface area contributed by atoms with Crippen molar-refractivity contribution in [2.75, 3.05) is 19.6 Å². The molecule has 78 valence electrons. The highest BCUT2D eigenvalue weighted by Crippen LogP contribution is 1.97. The van der Waals surface area contributed by atoms with Gasteiger partial charge < -0.3 is 16.8 Å². The maximum absolute atomic E-state index is 5.66. The Labute approximate surface area is 85.5 Å². The lowest BCUT2D eigenvalue weighted by molar-refractivity contribution is 0.583. The average Bonchev–Trinajstić information content (AvgIpc) is 2.25. The Bertz CT molecular complexity index is 236. The van der Waals surface area contributed by atoms with E-state index >= 15 is 0 Å². The van der Waals surface area contributed by atoms with Crippen LogP contribution in [-0.2, 0) is 6.42 Å². The van der Waals surface area contributed by atoms with Crippen molar-refractivity contribution >= 4 is 0 Å². The third-order valence-corrected chi connectivity index (χ3v) is 2.14. The fourth-order valence-electron chi connectivity index (χ4n) is 1.25. The molecule has 1 aromatic rings. The molecule has 0 aromatic heterocycles. The van der Waals surface area contributed by atoms with Gasteiger partial charge in [-0.25, -0.2) is 0 Å². The van der Waals surface area contributed by atoms with E-state index in [-0.39, 0.29) is 6.04 Å². The molecule has 1 atom stereocenters. The van der Waals surface area contributed by atoms with Crippen molar-refractivity contribution in [2.45, 2.75) is 12.5 Å². The normalized spacial score (nSPS) is 12.7. The van der Waals surface area contributed by atoms with Crippen LogP contribution in [0.15, 0.2) is 30.3 Å². The molecule has 0 heterocycles.